The molecule has 0 amide bonds. The van der Waals surface area contributed by atoms with Crippen molar-refractivity contribution in [2.75, 3.05) is 18.9 Å². The van der Waals surface area contributed by atoms with Gasteiger partial charge in [0.05, 0.1) is 17.5 Å². The van der Waals surface area contributed by atoms with Gasteiger partial charge in [-0.1, -0.05) is 34.6 Å². The van der Waals surface area contributed by atoms with Gasteiger partial charge in [-0.2, -0.15) is 0 Å². The Labute approximate surface area is 216 Å². The van der Waals surface area contributed by atoms with Crippen LogP contribution in [0.4, 0.5) is 0 Å². The first kappa shape index (κ1) is 28.3. The molecule has 0 spiro atoms. The van der Waals surface area contributed by atoms with Crippen LogP contribution in [0.25, 0.3) is 11.2 Å². The van der Waals surface area contributed by atoms with E-state index >= 15 is 0 Å². The van der Waals surface area contributed by atoms with E-state index in [2.05, 4.69) is 6.92 Å². The smallest absolute Gasteiger partial charge is 0.250 e. The second-order valence-corrected chi connectivity index (χ2v) is 12.1. The maximum atomic E-state index is 11.9. The summed E-state index contributed by atoms with van der Waals surface area (Å²) in [5.74, 6) is 0.997. The van der Waals surface area contributed by atoms with Gasteiger partial charge in [0.25, 0.3) is 0 Å². The van der Waals surface area contributed by atoms with Crippen molar-refractivity contribution in [2.45, 2.75) is 85.4 Å². The summed E-state index contributed by atoms with van der Waals surface area (Å²) in [5.41, 5.74) is 5.66. The molecular formula is C28H43N5O2P+. The molecule has 0 aromatic carbocycles. The van der Waals surface area contributed by atoms with Gasteiger partial charge in [0.15, 0.2) is 10.8 Å². The average molecular weight is 513 g/mol. The van der Waals surface area contributed by atoms with Gasteiger partial charge in [-0.25, -0.2) is 19.9 Å². The van der Waals surface area contributed by atoms with Crippen LogP contribution >= 0.6 is 7.92 Å². The largest absolute Gasteiger partial charge is 0.374 e. The molecule has 196 valence electrons. The second-order valence-electron chi connectivity index (χ2n) is 9.23. The van der Waals surface area contributed by atoms with E-state index < -0.39 is 0 Å². The van der Waals surface area contributed by atoms with Gasteiger partial charge < -0.3 is 9.30 Å². The predicted molar refractivity (Wildman–Crippen MR) is 151 cm³/mol. The lowest BCUT2D eigenvalue weighted by Gasteiger charge is -2.23. The fourth-order valence-corrected chi connectivity index (χ4v) is 7.36. The number of pyridine rings is 1. The summed E-state index contributed by atoms with van der Waals surface area (Å²) in [7, 11) is 1.54. The van der Waals surface area contributed by atoms with Crippen LogP contribution in [0.1, 0.15) is 94.9 Å². The summed E-state index contributed by atoms with van der Waals surface area (Å²) in [4.78, 5) is 31.6. The Balaban J connectivity index is 0.000000861. The zero-order valence-corrected chi connectivity index (χ0v) is 24.5. The number of aryl methyl sites for hydroxylation is 3. The van der Waals surface area contributed by atoms with Crippen LogP contribution in [-0.2, 0) is 16.9 Å². The Morgan fingerprint density at radius 2 is 1.67 bits per heavy atom. The summed E-state index contributed by atoms with van der Waals surface area (Å²) in [5, 5.41) is 0.326. The molecule has 3 aromatic heterocycles. The first-order valence-electron chi connectivity index (χ1n) is 13.5. The molecule has 0 radical (unpaired) electrons. The molecule has 0 bridgehead atoms. The Morgan fingerprint density at radius 1 is 1.03 bits per heavy atom. The van der Waals surface area contributed by atoms with Gasteiger partial charge in [-0.15, -0.1) is 0 Å². The number of aromatic nitrogens is 5. The minimum absolute atomic E-state index is 0.0199. The molecule has 2 unspecified atom stereocenters. The van der Waals surface area contributed by atoms with Gasteiger partial charge in [-0.05, 0) is 45.2 Å². The van der Waals surface area contributed by atoms with E-state index in [1.54, 1.807) is 17.7 Å². The summed E-state index contributed by atoms with van der Waals surface area (Å²) < 4.78 is 7.73. The molecule has 2 fully saturated rings. The van der Waals surface area contributed by atoms with Crippen molar-refractivity contribution in [3.8, 4) is 0 Å². The van der Waals surface area contributed by atoms with Crippen molar-refractivity contribution in [1.29, 1.82) is 0 Å². The normalized spacial score (nSPS) is 20.9. The highest BCUT2D eigenvalue weighted by atomic mass is 31.1. The molecule has 2 aliphatic rings. The van der Waals surface area contributed by atoms with Gasteiger partial charge in [0, 0.05) is 39.8 Å². The highest BCUT2D eigenvalue weighted by Gasteiger charge is 2.84. The molecule has 2 atom stereocenters. The quantitative estimate of drug-likeness (QED) is 0.350. The minimum Gasteiger partial charge on any atom is -0.374 e. The summed E-state index contributed by atoms with van der Waals surface area (Å²) in [6.07, 6.45) is 6.05. The monoisotopic (exact) mass is 512 g/mol. The third-order valence-corrected chi connectivity index (χ3v) is 10.2. The first-order chi connectivity index (χ1) is 17.4. The topological polar surface area (TPSA) is 82.8 Å². The predicted octanol–water partition coefficient (Wildman–Crippen LogP) is 5.89. The zero-order chi connectivity index (χ0) is 26.6. The third-order valence-electron chi connectivity index (χ3n) is 7.07. The van der Waals surface area contributed by atoms with E-state index in [4.69, 9.17) is 24.7 Å². The number of hydrogen-bond donors (Lipinski definition) is 0. The van der Waals surface area contributed by atoms with Crippen LogP contribution in [0.15, 0.2) is 23.1 Å². The lowest BCUT2D eigenvalue weighted by Crippen LogP contribution is -2.19. The molecule has 5 heterocycles. The number of nitrogens with zero attached hydrogens (tertiary/aromatic N) is 5. The van der Waals surface area contributed by atoms with Crippen LogP contribution in [0, 0.1) is 13.8 Å². The Hall–Kier alpha value is -2.24. The van der Waals surface area contributed by atoms with Crippen molar-refractivity contribution in [3.63, 3.8) is 0 Å². The molecule has 3 aromatic rings. The van der Waals surface area contributed by atoms with Gasteiger partial charge in [0.1, 0.15) is 29.4 Å². The van der Waals surface area contributed by atoms with Crippen LogP contribution in [0.5, 0.6) is 0 Å². The van der Waals surface area contributed by atoms with Crippen molar-refractivity contribution >= 4 is 19.1 Å². The molecular weight excluding hydrogens is 469 g/mol. The van der Waals surface area contributed by atoms with Gasteiger partial charge in [0.2, 0.25) is 5.56 Å². The number of ether oxygens (including phenoxy) is 1. The van der Waals surface area contributed by atoms with E-state index in [-0.39, 0.29) is 25.5 Å². The molecule has 0 aliphatic carbocycles. The molecule has 7 nitrogen and oxygen atoms in total. The van der Waals surface area contributed by atoms with Crippen molar-refractivity contribution < 1.29 is 4.74 Å². The molecule has 0 saturated carbocycles. The number of rotatable bonds is 8. The molecule has 8 heteroatoms. The van der Waals surface area contributed by atoms with Crippen LogP contribution < -0.4 is 5.56 Å². The SMILES string of the molecule is CC.CC.CCOC(CC(CC)c1nc(C23C[PH+]2C3)c2nc(C)c(C)nc2n1)c1ccc(=O)n(C)c1. The standard InChI is InChI=1S/C24H30N5O2P.2C2H6/c1-6-16(10-18(31-7-2)17-8-9-19(30)29(5)11-17)22-27-21(24-12-32(24)13-24)20-23(28-22)26-15(4)14(3)25-20;2*1-2/h8-9,11,16,18H,6-7,10,12-13H2,1-5H3;2*1-2H3/p+1. The maximum absolute atomic E-state index is 11.9. The van der Waals surface area contributed by atoms with E-state index in [9.17, 15) is 4.79 Å². The highest BCUT2D eigenvalue weighted by molar-refractivity contribution is 7.75. The summed E-state index contributed by atoms with van der Waals surface area (Å²) in [6.45, 7) is 16.8. The number of fused-ring (bicyclic) bond motifs is 2. The molecule has 0 N–H and O–H groups in total. The van der Waals surface area contributed by atoms with Crippen molar-refractivity contribution in [1.82, 2.24) is 24.5 Å². The molecule has 2 aliphatic heterocycles. The Bertz CT molecular complexity index is 1250. The van der Waals surface area contributed by atoms with E-state index in [0.717, 1.165) is 52.5 Å². The lowest BCUT2D eigenvalue weighted by molar-refractivity contribution is 0.0493. The van der Waals surface area contributed by atoms with Crippen LogP contribution in [0.2, 0.25) is 0 Å². The summed E-state index contributed by atoms with van der Waals surface area (Å²) >= 11 is 0. The Morgan fingerprint density at radius 3 is 2.22 bits per heavy atom. The number of hydrogen-bond acceptors (Lipinski definition) is 6. The Kier molecular flexibility index (Phi) is 9.34. The minimum atomic E-state index is -0.233. The second kappa shape index (κ2) is 11.9. The van der Waals surface area contributed by atoms with Crippen LogP contribution in [0.3, 0.4) is 0 Å². The third kappa shape index (κ3) is 5.52. The van der Waals surface area contributed by atoms with Gasteiger partial charge in [-0.3, -0.25) is 4.79 Å². The zero-order valence-electron chi connectivity index (χ0n) is 23.5. The van der Waals surface area contributed by atoms with E-state index in [1.165, 1.54) is 12.3 Å². The molecule has 2 saturated heterocycles. The molecule has 5 rings (SSSR count). The lowest BCUT2D eigenvalue weighted by atomic mass is 9.94. The van der Waals surface area contributed by atoms with Crippen molar-refractivity contribution in [3.05, 3.63) is 57.2 Å². The van der Waals surface area contributed by atoms with Gasteiger partial charge >= 0.3 is 0 Å². The average Bonchev–Trinajstić information content (AvgIpc) is 3.78. The maximum Gasteiger partial charge on any atom is 0.250 e. The molecule has 36 heavy (non-hydrogen) atoms. The van der Waals surface area contributed by atoms with E-state index in [0.29, 0.717) is 11.8 Å². The summed E-state index contributed by atoms with van der Waals surface area (Å²) in [6, 6.07) is 3.48. The van der Waals surface area contributed by atoms with Crippen LogP contribution in [-0.4, -0.2) is 43.4 Å². The highest BCUT2D eigenvalue weighted by Crippen LogP contribution is 2.91. The van der Waals surface area contributed by atoms with E-state index in [1.807, 2.05) is 60.7 Å². The fraction of sp³-hybridized carbons (Fsp3) is 0.607. The first-order valence-corrected chi connectivity index (χ1v) is 15.4. The van der Waals surface area contributed by atoms with Crippen molar-refractivity contribution in [2.24, 2.45) is 7.05 Å². The fourth-order valence-electron chi connectivity index (χ4n) is 4.59.